The molecule has 0 saturated carbocycles. The average Bonchev–Trinajstić information content (AvgIpc) is 2.47. The molecule has 1 aromatic carbocycles. The molecule has 1 aromatic heterocycles. The van der Waals surface area contributed by atoms with E-state index >= 15 is 0 Å². The lowest BCUT2D eigenvalue weighted by molar-refractivity contribution is 0.864. The Morgan fingerprint density at radius 1 is 1.21 bits per heavy atom. The van der Waals surface area contributed by atoms with Gasteiger partial charge in [0.1, 0.15) is 0 Å². The maximum absolute atomic E-state index is 5.78. The van der Waals surface area contributed by atoms with Crippen LogP contribution >= 0.6 is 47.4 Å². The number of H-pyrrole nitrogens is 1. The van der Waals surface area contributed by atoms with Crippen molar-refractivity contribution in [2.45, 2.75) is 0 Å². The van der Waals surface area contributed by atoms with E-state index in [1.165, 1.54) is 11.3 Å². The molecule has 0 aliphatic heterocycles. The monoisotopic (exact) mass is 260 g/mol. The minimum absolute atomic E-state index is 0.671. The van der Waals surface area contributed by atoms with Crippen molar-refractivity contribution in [2.24, 2.45) is 0 Å². The molecule has 0 aliphatic carbocycles. The number of rotatable bonds is 1. The van der Waals surface area contributed by atoms with Crippen LogP contribution in [0, 0.1) is 7.91 Å². The van der Waals surface area contributed by atoms with Crippen LogP contribution in [0.1, 0.15) is 0 Å². The van der Waals surface area contributed by atoms with Crippen molar-refractivity contribution in [2.75, 3.05) is 0 Å². The third-order valence-electron chi connectivity index (χ3n) is 1.65. The van der Waals surface area contributed by atoms with Crippen molar-refractivity contribution in [3.8, 4) is 5.69 Å². The molecule has 0 atom stereocenters. The summed E-state index contributed by atoms with van der Waals surface area (Å²) in [5.74, 6) is 0. The van der Waals surface area contributed by atoms with Crippen molar-refractivity contribution >= 4 is 47.4 Å². The summed E-state index contributed by atoms with van der Waals surface area (Å²) in [6.07, 6.45) is 0. The standard InChI is InChI=1S/C8H5ClN2S3/c9-5-1-3-6(4-2-5)11-8(13)14-7(12)10-11/h1-4H,(H,10,12). The van der Waals surface area contributed by atoms with E-state index < -0.39 is 0 Å². The van der Waals surface area contributed by atoms with Crippen LogP contribution < -0.4 is 0 Å². The topological polar surface area (TPSA) is 20.7 Å². The third kappa shape index (κ3) is 1.95. The Hall–Kier alpha value is -0.490. The normalized spacial score (nSPS) is 10.4. The summed E-state index contributed by atoms with van der Waals surface area (Å²) in [4.78, 5) is 0. The van der Waals surface area contributed by atoms with Crippen LogP contribution in [0.3, 0.4) is 0 Å². The third-order valence-corrected chi connectivity index (χ3v) is 3.31. The highest BCUT2D eigenvalue weighted by Crippen LogP contribution is 2.15. The molecule has 2 rings (SSSR count). The number of hydrogen-bond donors (Lipinski definition) is 1. The summed E-state index contributed by atoms with van der Waals surface area (Å²) >= 11 is 17.3. The lowest BCUT2D eigenvalue weighted by atomic mass is 10.3. The first kappa shape index (κ1) is 10.0. The van der Waals surface area contributed by atoms with Gasteiger partial charge in [-0.05, 0) is 48.7 Å². The van der Waals surface area contributed by atoms with Gasteiger partial charge >= 0.3 is 0 Å². The van der Waals surface area contributed by atoms with E-state index in [4.69, 9.17) is 36.0 Å². The Balaban J connectivity index is 2.60. The summed E-state index contributed by atoms with van der Waals surface area (Å²) in [6, 6.07) is 7.40. The van der Waals surface area contributed by atoms with Gasteiger partial charge in [-0.3, -0.25) is 5.10 Å². The Morgan fingerprint density at radius 2 is 1.86 bits per heavy atom. The molecule has 0 fully saturated rings. The highest BCUT2D eigenvalue weighted by molar-refractivity contribution is 7.75. The van der Waals surface area contributed by atoms with Crippen LogP contribution in [0.25, 0.3) is 5.69 Å². The van der Waals surface area contributed by atoms with Gasteiger partial charge in [0.25, 0.3) is 0 Å². The predicted molar refractivity (Wildman–Crippen MR) is 64.7 cm³/mol. The predicted octanol–water partition coefficient (Wildman–Crippen LogP) is 3.98. The molecule has 0 amide bonds. The quantitative estimate of drug-likeness (QED) is 0.783. The number of aromatic amines is 1. The second kappa shape index (κ2) is 3.94. The molecule has 2 nitrogen and oxygen atoms in total. The van der Waals surface area contributed by atoms with E-state index in [2.05, 4.69) is 5.10 Å². The van der Waals surface area contributed by atoms with E-state index in [9.17, 15) is 0 Å². The number of nitrogens with zero attached hydrogens (tertiary/aromatic N) is 1. The SMILES string of the molecule is S=c1[nH]n(-c2ccc(Cl)cc2)c(=S)s1. The second-order valence-corrected chi connectivity index (χ2v) is 5.33. The van der Waals surface area contributed by atoms with Crippen LogP contribution in [-0.4, -0.2) is 9.78 Å². The van der Waals surface area contributed by atoms with Crippen LogP contribution in [0.2, 0.25) is 5.02 Å². The minimum atomic E-state index is 0.671. The maximum atomic E-state index is 5.78. The fourth-order valence-electron chi connectivity index (χ4n) is 1.04. The number of hydrogen-bond acceptors (Lipinski definition) is 3. The van der Waals surface area contributed by atoms with E-state index in [1.54, 1.807) is 4.68 Å². The Labute approximate surface area is 99.8 Å². The molecule has 6 heteroatoms. The highest BCUT2D eigenvalue weighted by Gasteiger charge is 1.98. The van der Waals surface area contributed by atoms with Crippen LogP contribution in [0.15, 0.2) is 24.3 Å². The summed E-state index contributed by atoms with van der Waals surface area (Å²) in [6.45, 7) is 0. The summed E-state index contributed by atoms with van der Waals surface area (Å²) in [5.41, 5.74) is 0.937. The smallest absolute Gasteiger partial charge is 0.183 e. The Morgan fingerprint density at radius 3 is 2.36 bits per heavy atom. The number of nitrogens with one attached hydrogen (secondary N) is 1. The van der Waals surface area contributed by atoms with Gasteiger partial charge in [0.2, 0.25) is 0 Å². The Kier molecular flexibility index (Phi) is 2.83. The van der Waals surface area contributed by atoms with Gasteiger partial charge in [-0.2, -0.15) is 0 Å². The van der Waals surface area contributed by atoms with E-state index in [1.807, 2.05) is 24.3 Å². The number of benzene rings is 1. The summed E-state index contributed by atoms with van der Waals surface area (Å²) in [5, 5.41) is 3.69. The molecule has 0 unspecified atom stereocenters. The summed E-state index contributed by atoms with van der Waals surface area (Å²) < 4.78 is 3.14. The van der Waals surface area contributed by atoms with Gasteiger partial charge in [-0.1, -0.05) is 22.9 Å². The molecule has 2 aromatic rings. The first-order chi connectivity index (χ1) is 6.66. The lowest BCUT2D eigenvalue weighted by Crippen LogP contribution is -1.94. The fraction of sp³-hybridized carbons (Fsp3) is 0. The van der Waals surface area contributed by atoms with Gasteiger partial charge in [-0.25, -0.2) is 4.68 Å². The zero-order valence-corrected chi connectivity index (χ0v) is 10.1. The molecular formula is C8H5ClN2S3. The zero-order chi connectivity index (χ0) is 10.1. The molecule has 0 bridgehead atoms. The van der Waals surface area contributed by atoms with Crippen LogP contribution in [-0.2, 0) is 0 Å². The molecule has 0 aliphatic rings. The highest BCUT2D eigenvalue weighted by atomic mass is 35.5. The van der Waals surface area contributed by atoms with Crippen LogP contribution in [0.5, 0.6) is 0 Å². The van der Waals surface area contributed by atoms with E-state index in [-0.39, 0.29) is 0 Å². The van der Waals surface area contributed by atoms with E-state index in [0.717, 1.165) is 5.69 Å². The average molecular weight is 261 g/mol. The number of halogens is 1. The van der Waals surface area contributed by atoms with Crippen molar-refractivity contribution in [3.05, 3.63) is 37.2 Å². The number of aromatic nitrogens is 2. The first-order valence-electron chi connectivity index (χ1n) is 3.75. The molecule has 1 heterocycles. The lowest BCUT2D eigenvalue weighted by Gasteiger charge is -2.00. The van der Waals surface area contributed by atoms with Crippen molar-refractivity contribution in [1.29, 1.82) is 0 Å². The van der Waals surface area contributed by atoms with Crippen molar-refractivity contribution in [3.63, 3.8) is 0 Å². The van der Waals surface area contributed by atoms with Crippen molar-refractivity contribution < 1.29 is 0 Å². The second-order valence-electron chi connectivity index (χ2n) is 2.58. The summed E-state index contributed by atoms with van der Waals surface area (Å²) in [7, 11) is 0. The minimum Gasteiger partial charge on any atom is -0.273 e. The fourth-order valence-corrected chi connectivity index (χ4v) is 2.60. The molecule has 1 N–H and O–H groups in total. The maximum Gasteiger partial charge on any atom is 0.183 e. The largest absolute Gasteiger partial charge is 0.273 e. The molecule has 14 heavy (non-hydrogen) atoms. The van der Waals surface area contributed by atoms with E-state index in [0.29, 0.717) is 12.9 Å². The molecule has 72 valence electrons. The Bertz CT molecular complexity index is 549. The van der Waals surface area contributed by atoms with Crippen molar-refractivity contribution in [1.82, 2.24) is 9.78 Å². The molecule has 0 spiro atoms. The first-order valence-corrected chi connectivity index (χ1v) is 5.76. The van der Waals surface area contributed by atoms with Gasteiger partial charge < -0.3 is 0 Å². The van der Waals surface area contributed by atoms with Gasteiger partial charge in [0.15, 0.2) is 7.91 Å². The molecule has 0 radical (unpaired) electrons. The zero-order valence-electron chi connectivity index (χ0n) is 6.86. The molecule has 0 saturated heterocycles. The van der Waals surface area contributed by atoms with Gasteiger partial charge in [0, 0.05) is 5.02 Å². The van der Waals surface area contributed by atoms with Gasteiger partial charge in [0.05, 0.1) is 5.69 Å². The van der Waals surface area contributed by atoms with Crippen LogP contribution in [0.4, 0.5) is 0 Å². The molecular weight excluding hydrogens is 256 g/mol. The van der Waals surface area contributed by atoms with Gasteiger partial charge in [-0.15, -0.1) is 0 Å².